The van der Waals surface area contributed by atoms with E-state index >= 15 is 0 Å². The van der Waals surface area contributed by atoms with Gasteiger partial charge in [0.2, 0.25) is 0 Å². The Labute approximate surface area is 127 Å². The first kappa shape index (κ1) is 15.3. The molecule has 0 aliphatic rings. The van der Waals surface area contributed by atoms with Crippen molar-refractivity contribution >= 4 is 17.3 Å². The van der Waals surface area contributed by atoms with Gasteiger partial charge in [-0.15, -0.1) is 0 Å². The number of benzene rings is 1. The molecule has 112 valence electrons. The summed E-state index contributed by atoms with van der Waals surface area (Å²) in [4.78, 5) is 11.1. The van der Waals surface area contributed by atoms with E-state index in [0.29, 0.717) is 5.82 Å². The number of nitrogens with zero attached hydrogens (tertiary/aromatic N) is 3. The lowest BCUT2D eigenvalue weighted by molar-refractivity contribution is 0.772. The maximum absolute atomic E-state index is 6.04. The summed E-state index contributed by atoms with van der Waals surface area (Å²) in [7, 11) is 2.01. The predicted molar refractivity (Wildman–Crippen MR) is 89.2 cm³/mol. The highest BCUT2D eigenvalue weighted by atomic mass is 15.2. The lowest BCUT2D eigenvalue weighted by atomic mass is 10.1. The number of rotatable bonds is 4. The molecular weight excluding hydrogens is 260 g/mol. The molecule has 0 atom stereocenters. The second-order valence-corrected chi connectivity index (χ2v) is 5.65. The Balaban J connectivity index is 2.43. The van der Waals surface area contributed by atoms with Crippen molar-refractivity contribution in [3.8, 4) is 0 Å². The van der Waals surface area contributed by atoms with Crippen LogP contribution in [0.25, 0.3) is 0 Å². The Hall–Kier alpha value is -2.10. The molecule has 4 nitrogen and oxygen atoms in total. The minimum absolute atomic E-state index is 0.252. The Morgan fingerprint density at radius 2 is 1.76 bits per heavy atom. The normalized spacial score (nSPS) is 11.0. The van der Waals surface area contributed by atoms with Gasteiger partial charge in [0.15, 0.2) is 0 Å². The summed E-state index contributed by atoms with van der Waals surface area (Å²) in [5, 5.41) is 0. The van der Waals surface area contributed by atoms with Gasteiger partial charge < -0.3 is 10.6 Å². The zero-order valence-electron chi connectivity index (χ0n) is 13.5. The second kappa shape index (κ2) is 6.12. The van der Waals surface area contributed by atoms with Crippen LogP contribution < -0.4 is 10.6 Å². The van der Waals surface area contributed by atoms with Crippen molar-refractivity contribution in [2.75, 3.05) is 17.7 Å². The van der Waals surface area contributed by atoms with Gasteiger partial charge in [-0.05, 0) is 31.0 Å². The molecule has 21 heavy (non-hydrogen) atoms. The summed E-state index contributed by atoms with van der Waals surface area (Å²) in [6.45, 7) is 8.27. The van der Waals surface area contributed by atoms with Crippen molar-refractivity contribution in [3.05, 3.63) is 41.2 Å². The van der Waals surface area contributed by atoms with Gasteiger partial charge in [0.1, 0.15) is 17.5 Å². The van der Waals surface area contributed by atoms with Crippen LogP contribution in [0.5, 0.6) is 0 Å². The Morgan fingerprint density at radius 1 is 1.14 bits per heavy atom. The molecule has 0 fully saturated rings. The first-order valence-electron chi connectivity index (χ1n) is 7.40. The molecule has 0 amide bonds. The molecule has 2 aromatic rings. The Bertz CT molecular complexity index is 617. The molecule has 0 unspecified atom stereocenters. The van der Waals surface area contributed by atoms with Crippen LogP contribution in [-0.2, 0) is 6.42 Å². The van der Waals surface area contributed by atoms with Gasteiger partial charge in [-0.1, -0.05) is 32.9 Å². The van der Waals surface area contributed by atoms with E-state index in [0.717, 1.165) is 29.3 Å². The van der Waals surface area contributed by atoms with Gasteiger partial charge in [-0.3, -0.25) is 0 Å². The Kier molecular flexibility index (Phi) is 4.46. The summed E-state index contributed by atoms with van der Waals surface area (Å²) in [5.74, 6) is 2.46. The third-order valence-electron chi connectivity index (χ3n) is 3.74. The van der Waals surface area contributed by atoms with Crippen LogP contribution >= 0.6 is 0 Å². The third-order valence-corrected chi connectivity index (χ3v) is 3.74. The summed E-state index contributed by atoms with van der Waals surface area (Å²) in [6, 6.07) is 8.53. The number of aromatic nitrogens is 2. The molecule has 0 bridgehead atoms. The molecular formula is C17H24N4. The second-order valence-electron chi connectivity index (χ2n) is 5.65. The maximum Gasteiger partial charge on any atom is 0.141 e. The van der Waals surface area contributed by atoms with Crippen LogP contribution in [0.4, 0.5) is 17.3 Å². The monoisotopic (exact) mass is 284 g/mol. The first-order chi connectivity index (χ1) is 9.93. The van der Waals surface area contributed by atoms with Gasteiger partial charge in [0.25, 0.3) is 0 Å². The number of hydrogen-bond acceptors (Lipinski definition) is 4. The molecule has 0 aliphatic carbocycles. The topological polar surface area (TPSA) is 55.0 Å². The van der Waals surface area contributed by atoms with Gasteiger partial charge >= 0.3 is 0 Å². The van der Waals surface area contributed by atoms with Crippen molar-refractivity contribution in [2.24, 2.45) is 0 Å². The number of nitrogens with two attached hydrogens (primary N) is 1. The maximum atomic E-state index is 6.04. The average Bonchev–Trinajstić information content (AvgIpc) is 2.49. The first-order valence-corrected chi connectivity index (χ1v) is 7.40. The fourth-order valence-corrected chi connectivity index (χ4v) is 2.20. The summed E-state index contributed by atoms with van der Waals surface area (Å²) < 4.78 is 0. The number of anilines is 3. The fraction of sp³-hybridized carbons (Fsp3) is 0.412. The van der Waals surface area contributed by atoms with E-state index in [9.17, 15) is 0 Å². The molecule has 0 radical (unpaired) electrons. The lowest BCUT2D eigenvalue weighted by Gasteiger charge is -2.22. The van der Waals surface area contributed by atoms with E-state index in [1.165, 1.54) is 5.56 Å². The van der Waals surface area contributed by atoms with Crippen molar-refractivity contribution in [2.45, 2.75) is 40.0 Å². The quantitative estimate of drug-likeness (QED) is 0.927. The number of hydrogen-bond donors (Lipinski definition) is 1. The van der Waals surface area contributed by atoms with E-state index in [1.807, 2.05) is 14.0 Å². The summed E-state index contributed by atoms with van der Waals surface area (Å²) in [5.41, 5.74) is 9.39. The van der Waals surface area contributed by atoms with Gasteiger partial charge in [-0.25, -0.2) is 9.97 Å². The molecule has 2 N–H and O–H groups in total. The highest BCUT2D eigenvalue weighted by Crippen LogP contribution is 2.29. The van der Waals surface area contributed by atoms with Crippen molar-refractivity contribution in [1.82, 2.24) is 9.97 Å². The minimum Gasteiger partial charge on any atom is -0.383 e. The van der Waals surface area contributed by atoms with E-state index in [2.05, 4.69) is 59.9 Å². The van der Waals surface area contributed by atoms with Crippen LogP contribution in [0.3, 0.4) is 0 Å². The zero-order chi connectivity index (χ0) is 15.6. The average molecular weight is 284 g/mol. The van der Waals surface area contributed by atoms with Crippen molar-refractivity contribution in [3.63, 3.8) is 0 Å². The van der Waals surface area contributed by atoms with E-state index < -0.39 is 0 Å². The number of aryl methyl sites for hydroxylation is 1. The highest BCUT2D eigenvalue weighted by Gasteiger charge is 2.15. The summed E-state index contributed by atoms with van der Waals surface area (Å²) in [6.07, 6.45) is 1.04. The van der Waals surface area contributed by atoms with Crippen molar-refractivity contribution < 1.29 is 0 Å². The molecule has 0 saturated heterocycles. The molecule has 0 aliphatic heterocycles. The minimum atomic E-state index is 0.252. The SMILES string of the molecule is CCc1ccc(N(C)c2nc(C(C)C)nc(N)c2C)cc1. The van der Waals surface area contributed by atoms with Crippen LogP contribution in [0.1, 0.15) is 43.6 Å². The van der Waals surface area contributed by atoms with E-state index in [1.54, 1.807) is 0 Å². The fourth-order valence-electron chi connectivity index (χ4n) is 2.20. The van der Waals surface area contributed by atoms with Crippen molar-refractivity contribution in [1.29, 1.82) is 0 Å². The highest BCUT2D eigenvalue weighted by molar-refractivity contribution is 5.66. The molecule has 4 heteroatoms. The molecule has 1 heterocycles. The molecule has 0 spiro atoms. The van der Waals surface area contributed by atoms with Crippen LogP contribution in [0.2, 0.25) is 0 Å². The predicted octanol–water partition coefficient (Wildman–Crippen LogP) is 3.82. The van der Waals surface area contributed by atoms with Gasteiger partial charge in [0.05, 0.1) is 0 Å². The molecule has 2 rings (SSSR count). The molecule has 1 aromatic heterocycles. The lowest BCUT2D eigenvalue weighted by Crippen LogP contribution is -2.16. The van der Waals surface area contributed by atoms with Crippen LogP contribution in [0.15, 0.2) is 24.3 Å². The molecule has 0 saturated carbocycles. The molecule has 1 aromatic carbocycles. The smallest absolute Gasteiger partial charge is 0.141 e. The zero-order valence-corrected chi connectivity index (χ0v) is 13.5. The Morgan fingerprint density at radius 3 is 2.29 bits per heavy atom. The van der Waals surface area contributed by atoms with E-state index in [4.69, 9.17) is 5.73 Å². The van der Waals surface area contributed by atoms with Crippen LogP contribution in [-0.4, -0.2) is 17.0 Å². The largest absolute Gasteiger partial charge is 0.383 e. The van der Waals surface area contributed by atoms with Gasteiger partial charge in [0, 0.05) is 24.2 Å². The number of nitrogen functional groups attached to an aromatic ring is 1. The summed E-state index contributed by atoms with van der Waals surface area (Å²) >= 11 is 0. The van der Waals surface area contributed by atoms with Gasteiger partial charge in [-0.2, -0.15) is 0 Å². The standard InChI is InChI=1S/C17H24N4/c1-6-13-7-9-14(10-8-13)21(5)17-12(4)15(18)19-16(20-17)11(2)3/h7-11H,6H2,1-5H3,(H2,18,19,20). The van der Waals surface area contributed by atoms with E-state index in [-0.39, 0.29) is 5.92 Å². The van der Waals surface area contributed by atoms with Crippen LogP contribution in [0, 0.1) is 6.92 Å². The third kappa shape index (κ3) is 3.15.